The van der Waals surface area contributed by atoms with E-state index in [9.17, 15) is 9.59 Å². The number of rotatable bonds is 5. The highest BCUT2D eigenvalue weighted by atomic mass is 32.1. The van der Waals surface area contributed by atoms with Crippen LogP contribution in [0.4, 0.5) is 5.13 Å². The molecule has 1 amide bonds. The second kappa shape index (κ2) is 6.53. The normalized spacial score (nSPS) is 10.7. The van der Waals surface area contributed by atoms with E-state index in [1.807, 2.05) is 24.3 Å². The number of fused-ring (bicyclic) bond motifs is 1. The number of amides is 1. The Labute approximate surface area is 135 Å². The summed E-state index contributed by atoms with van der Waals surface area (Å²) in [5.74, 6) is -0.866. The van der Waals surface area contributed by atoms with E-state index in [0.29, 0.717) is 5.13 Å². The maximum Gasteiger partial charge on any atom is 0.360 e. The summed E-state index contributed by atoms with van der Waals surface area (Å²) in [4.78, 5) is 27.8. The number of benzene rings is 1. The molecule has 1 N–H and O–H groups in total. The summed E-state index contributed by atoms with van der Waals surface area (Å²) in [6, 6.07) is 7.62. The number of carbonyl (C=O) groups is 2. The number of aromatic nitrogens is 4. The molecule has 0 radical (unpaired) electrons. The van der Waals surface area contributed by atoms with Crippen LogP contribution in [-0.2, 0) is 16.1 Å². The van der Waals surface area contributed by atoms with Crippen molar-refractivity contribution >= 4 is 38.6 Å². The number of thiazole rings is 1. The number of esters is 1. The van der Waals surface area contributed by atoms with Crippen LogP contribution in [0, 0.1) is 0 Å². The number of hydrogen-bond acceptors (Lipinski definition) is 7. The first-order valence-electron chi connectivity index (χ1n) is 6.88. The molecule has 0 atom stereocenters. The lowest BCUT2D eigenvalue weighted by atomic mass is 10.3. The molecule has 0 spiro atoms. The second-order valence-corrected chi connectivity index (χ2v) is 5.59. The summed E-state index contributed by atoms with van der Waals surface area (Å²) < 4.78 is 7.08. The first-order chi connectivity index (χ1) is 11.2. The van der Waals surface area contributed by atoms with Gasteiger partial charge in [0.05, 0.1) is 23.0 Å². The fraction of sp³-hybridized carbons (Fsp3) is 0.214. The quantitative estimate of drug-likeness (QED) is 0.715. The largest absolute Gasteiger partial charge is 0.461 e. The predicted octanol–water partition coefficient (Wildman–Crippen LogP) is 1.70. The molecule has 9 heteroatoms. The Bertz CT molecular complexity index is 824. The standard InChI is InChI=1S/C14H13N5O3S/c1-2-22-13(21)10-7-19(18-17-10)8-12(20)16-14-15-9-5-3-4-6-11(9)23-14/h3-7H,2,8H2,1H3,(H,15,16,20). The van der Waals surface area contributed by atoms with E-state index in [0.717, 1.165) is 10.2 Å². The minimum absolute atomic E-state index is 0.0671. The van der Waals surface area contributed by atoms with Gasteiger partial charge >= 0.3 is 5.97 Å². The zero-order valence-electron chi connectivity index (χ0n) is 12.2. The molecular weight excluding hydrogens is 318 g/mol. The first kappa shape index (κ1) is 15.1. The Morgan fingerprint density at radius 2 is 2.17 bits per heavy atom. The zero-order chi connectivity index (χ0) is 16.2. The van der Waals surface area contributed by atoms with Crippen molar-refractivity contribution in [1.29, 1.82) is 0 Å². The fourth-order valence-electron chi connectivity index (χ4n) is 1.91. The van der Waals surface area contributed by atoms with Crippen molar-refractivity contribution in [1.82, 2.24) is 20.0 Å². The molecule has 0 aliphatic heterocycles. The molecule has 2 aromatic heterocycles. The number of nitrogens with zero attached hydrogens (tertiary/aromatic N) is 4. The molecule has 23 heavy (non-hydrogen) atoms. The summed E-state index contributed by atoms with van der Waals surface area (Å²) in [6.45, 7) is 1.89. The molecule has 0 unspecified atom stereocenters. The van der Waals surface area contributed by atoms with Gasteiger partial charge in [0.25, 0.3) is 0 Å². The van der Waals surface area contributed by atoms with Crippen LogP contribution in [0.25, 0.3) is 10.2 Å². The lowest BCUT2D eigenvalue weighted by Crippen LogP contribution is -2.19. The summed E-state index contributed by atoms with van der Waals surface area (Å²) in [6.07, 6.45) is 1.37. The molecule has 0 saturated heterocycles. The summed E-state index contributed by atoms with van der Waals surface area (Å²) >= 11 is 1.39. The fourth-order valence-corrected chi connectivity index (χ4v) is 2.79. The van der Waals surface area contributed by atoms with Gasteiger partial charge < -0.3 is 10.1 Å². The van der Waals surface area contributed by atoms with E-state index in [1.54, 1.807) is 6.92 Å². The third-order valence-electron chi connectivity index (χ3n) is 2.87. The SMILES string of the molecule is CCOC(=O)c1cn(CC(=O)Nc2nc3ccccc3s2)nn1. The summed E-state index contributed by atoms with van der Waals surface area (Å²) in [7, 11) is 0. The van der Waals surface area contributed by atoms with Crippen molar-refractivity contribution in [3.63, 3.8) is 0 Å². The van der Waals surface area contributed by atoms with Crippen molar-refractivity contribution in [3.8, 4) is 0 Å². The molecule has 0 bridgehead atoms. The number of ether oxygens (including phenoxy) is 1. The number of hydrogen-bond donors (Lipinski definition) is 1. The Balaban J connectivity index is 1.64. The molecule has 2 heterocycles. The van der Waals surface area contributed by atoms with Crippen LogP contribution in [0.5, 0.6) is 0 Å². The minimum atomic E-state index is -0.565. The Morgan fingerprint density at radius 1 is 1.35 bits per heavy atom. The van der Waals surface area contributed by atoms with Gasteiger partial charge in [-0.15, -0.1) is 5.10 Å². The molecule has 1 aromatic carbocycles. The monoisotopic (exact) mass is 331 g/mol. The van der Waals surface area contributed by atoms with Gasteiger partial charge in [-0.05, 0) is 19.1 Å². The van der Waals surface area contributed by atoms with Gasteiger partial charge in [-0.3, -0.25) is 4.79 Å². The van der Waals surface area contributed by atoms with Crippen molar-refractivity contribution in [2.75, 3.05) is 11.9 Å². The van der Waals surface area contributed by atoms with Gasteiger partial charge in [0.15, 0.2) is 10.8 Å². The maximum atomic E-state index is 12.0. The molecule has 3 aromatic rings. The minimum Gasteiger partial charge on any atom is -0.461 e. The Hall–Kier alpha value is -2.81. The van der Waals surface area contributed by atoms with E-state index in [4.69, 9.17) is 4.74 Å². The van der Waals surface area contributed by atoms with Crippen molar-refractivity contribution < 1.29 is 14.3 Å². The van der Waals surface area contributed by atoms with Gasteiger partial charge in [0.1, 0.15) is 6.54 Å². The average molecular weight is 331 g/mol. The van der Waals surface area contributed by atoms with Crippen LogP contribution in [-0.4, -0.2) is 38.5 Å². The number of nitrogens with one attached hydrogen (secondary N) is 1. The molecule has 3 rings (SSSR count). The van der Waals surface area contributed by atoms with E-state index < -0.39 is 5.97 Å². The van der Waals surface area contributed by atoms with Crippen LogP contribution in [0.2, 0.25) is 0 Å². The predicted molar refractivity (Wildman–Crippen MR) is 84.2 cm³/mol. The van der Waals surface area contributed by atoms with Crippen molar-refractivity contribution in [3.05, 3.63) is 36.2 Å². The number of anilines is 1. The van der Waals surface area contributed by atoms with Crippen LogP contribution in [0.3, 0.4) is 0 Å². The first-order valence-corrected chi connectivity index (χ1v) is 7.70. The topological polar surface area (TPSA) is 99.0 Å². The molecule has 0 fully saturated rings. The highest BCUT2D eigenvalue weighted by molar-refractivity contribution is 7.22. The lowest BCUT2D eigenvalue weighted by Gasteiger charge is -2.00. The highest BCUT2D eigenvalue weighted by Gasteiger charge is 2.14. The third kappa shape index (κ3) is 3.51. The van der Waals surface area contributed by atoms with Gasteiger partial charge in [-0.2, -0.15) is 0 Å². The molecule has 118 valence electrons. The smallest absolute Gasteiger partial charge is 0.360 e. The third-order valence-corrected chi connectivity index (χ3v) is 3.82. The van der Waals surface area contributed by atoms with Crippen molar-refractivity contribution in [2.24, 2.45) is 0 Å². The van der Waals surface area contributed by atoms with Crippen LogP contribution < -0.4 is 5.32 Å². The van der Waals surface area contributed by atoms with E-state index in [-0.39, 0.29) is 24.8 Å². The van der Waals surface area contributed by atoms with Gasteiger partial charge in [0, 0.05) is 0 Å². The zero-order valence-corrected chi connectivity index (χ0v) is 13.0. The van der Waals surface area contributed by atoms with Crippen LogP contribution >= 0.6 is 11.3 Å². The maximum absolute atomic E-state index is 12.0. The lowest BCUT2D eigenvalue weighted by molar-refractivity contribution is -0.116. The molecule has 0 aliphatic rings. The second-order valence-electron chi connectivity index (χ2n) is 4.56. The summed E-state index contributed by atoms with van der Waals surface area (Å²) in [5.41, 5.74) is 0.901. The van der Waals surface area contributed by atoms with E-state index >= 15 is 0 Å². The molecule has 0 aliphatic carbocycles. The van der Waals surface area contributed by atoms with Gasteiger partial charge in [0.2, 0.25) is 5.91 Å². The van der Waals surface area contributed by atoms with Crippen LogP contribution in [0.1, 0.15) is 17.4 Å². The summed E-state index contributed by atoms with van der Waals surface area (Å²) in [5, 5.41) is 10.6. The number of carbonyl (C=O) groups excluding carboxylic acids is 2. The number of para-hydroxylation sites is 1. The molecular formula is C14H13N5O3S. The van der Waals surface area contributed by atoms with Gasteiger partial charge in [-0.1, -0.05) is 28.7 Å². The van der Waals surface area contributed by atoms with E-state index in [2.05, 4.69) is 20.6 Å². The Kier molecular flexibility index (Phi) is 4.29. The molecule has 0 saturated carbocycles. The van der Waals surface area contributed by atoms with E-state index in [1.165, 1.54) is 22.2 Å². The molecule has 8 nitrogen and oxygen atoms in total. The van der Waals surface area contributed by atoms with Crippen molar-refractivity contribution in [2.45, 2.75) is 13.5 Å². The van der Waals surface area contributed by atoms with Gasteiger partial charge in [-0.25, -0.2) is 14.5 Å². The van der Waals surface area contributed by atoms with Crippen LogP contribution in [0.15, 0.2) is 30.5 Å². The highest BCUT2D eigenvalue weighted by Crippen LogP contribution is 2.25. The Morgan fingerprint density at radius 3 is 2.96 bits per heavy atom. The average Bonchev–Trinajstić information content (AvgIpc) is 3.13.